The van der Waals surface area contributed by atoms with Gasteiger partial charge in [-0.2, -0.15) is 0 Å². The Labute approximate surface area is 110 Å². The molecule has 96 valence electrons. The van der Waals surface area contributed by atoms with Crippen molar-refractivity contribution in [3.8, 4) is 0 Å². The van der Waals surface area contributed by atoms with Gasteiger partial charge in [0.15, 0.2) is 0 Å². The molecular formula is C14H13N3O2. The standard InChI is InChI=1S/C14H13N3O2/c18-14-12(10-3-1-5-15-8-10)7-13(17(14)19)11-4-2-6-16-9-11/h1-6,8-9,12-13,17H,7H2. The molecule has 5 nitrogen and oxygen atoms in total. The second kappa shape index (κ2) is 4.87. The summed E-state index contributed by atoms with van der Waals surface area (Å²) < 4.78 is 0. The molecule has 0 radical (unpaired) electrons. The minimum Gasteiger partial charge on any atom is -0.626 e. The van der Waals surface area contributed by atoms with Gasteiger partial charge in [-0.25, -0.2) is 4.79 Å². The summed E-state index contributed by atoms with van der Waals surface area (Å²) in [5.74, 6) is -0.687. The van der Waals surface area contributed by atoms with Gasteiger partial charge in [-0.3, -0.25) is 9.97 Å². The van der Waals surface area contributed by atoms with Crippen molar-refractivity contribution >= 4 is 5.91 Å². The normalized spacial score (nSPS) is 26.6. The Morgan fingerprint density at radius 2 is 1.74 bits per heavy atom. The maximum absolute atomic E-state index is 12.1. The largest absolute Gasteiger partial charge is 0.626 e. The maximum Gasteiger partial charge on any atom is 0.320 e. The van der Waals surface area contributed by atoms with Gasteiger partial charge in [-0.05, 0) is 23.8 Å². The fourth-order valence-electron chi connectivity index (χ4n) is 2.53. The molecule has 19 heavy (non-hydrogen) atoms. The fraction of sp³-hybridized carbons (Fsp3) is 0.214. The van der Waals surface area contributed by atoms with Crippen molar-refractivity contribution < 1.29 is 9.86 Å². The lowest BCUT2D eigenvalue weighted by Gasteiger charge is -2.21. The van der Waals surface area contributed by atoms with Gasteiger partial charge in [0.05, 0.1) is 0 Å². The minimum absolute atomic E-state index is 0.318. The van der Waals surface area contributed by atoms with Crippen LogP contribution in [0.1, 0.15) is 29.5 Å². The molecule has 1 saturated heterocycles. The molecule has 3 atom stereocenters. The summed E-state index contributed by atoms with van der Waals surface area (Å²) in [4.78, 5) is 20.1. The molecule has 1 aliphatic rings. The predicted octanol–water partition coefficient (Wildman–Crippen LogP) is 0.615. The molecule has 2 aromatic heterocycles. The van der Waals surface area contributed by atoms with E-state index in [1.807, 2.05) is 12.1 Å². The molecule has 3 heterocycles. The van der Waals surface area contributed by atoms with Crippen LogP contribution in [-0.2, 0) is 4.79 Å². The van der Waals surface area contributed by atoms with E-state index in [-0.39, 0.29) is 22.9 Å². The van der Waals surface area contributed by atoms with Crippen LogP contribution in [0.2, 0.25) is 0 Å². The number of nitrogens with one attached hydrogen (secondary N) is 1. The van der Waals surface area contributed by atoms with Gasteiger partial charge in [0, 0.05) is 36.8 Å². The second-order valence-corrected chi connectivity index (χ2v) is 4.64. The molecule has 1 fully saturated rings. The van der Waals surface area contributed by atoms with Gasteiger partial charge in [0.2, 0.25) is 0 Å². The highest BCUT2D eigenvalue weighted by Crippen LogP contribution is 2.30. The average Bonchev–Trinajstić information content (AvgIpc) is 2.77. The van der Waals surface area contributed by atoms with Crippen LogP contribution >= 0.6 is 0 Å². The van der Waals surface area contributed by atoms with E-state index in [1.54, 1.807) is 36.9 Å². The zero-order valence-corrected chi connectivity index (χ0v) is 10.2. The molecule has 5 heteroatoms. The van der Waals surface area contributed by atoms with Crippen molar-refractivity contribution in [1.82, 2.24) is 9.97 Å². The number of aromatic nitrogens is 2. The number of nitrogens with zero attached hydrogens (tertiary/aromatic N) is 2. The SMILES string of the molecule is O=C1C(c2cccnc2)CC(c2cccnc2)[NH+]1[O-]. The average molecular weight is 255 g/mol. The molecule has 0 aromatic carbocycles. The summed E-state index contributed by atoms with van der Waals surface area (Å²) >= 11 is 0. The lowest BCUT2D eigenvalue weighted by atomic mass is 9.95. The first-order valence-electron chi connectivity index (χ1n) is 6.15. The van der Waals surface area contributed by atoms with Gasteiger partial charge in [-0.15, -0.1) is 0 Å². The van der Waals surface area contributed by atoms with Crippen LogP contribution in [0.25, 0.3) is 0 Å². The highest BCUT2D eigenvalue weighted by atomic mass is 16.5. The molecule has 0 spiro atoms. The van der Waals surface area contributed by atoms with Gasteiger partial charge < -0.3 is 10.3 Å². The van der Waals surface area contributed by atoms with E-state index in [0.29, 0.717) is 6.42 Å². The summed E-state index contributed by atoms with van der Waals surface area (Å²) in [7, 11) is 0. The third-order valence-corrected chi connectivity index (χ3v) is 3.52. The van der Waals surface area contributed by atoms with E-state index in [9.17, 15) is 10.0 Å². The molecular weight excluding hydrogens is 242 g/mol. The number of pyridine rings is 2. The molecule has 3 rings (SSSR count). The van der Waals surface area contributed by atoms with E-state index in [0.717, 1.165) is 11.1 Å². The quantitative estimate of drug-likeness (QED) is 0.798. The van der Waals surface area contributed by atoms with Crippen molar-refractivity contribution in [1.29, 1.82) is 0 Å². The van der Waals surface area contributed by atoms with Crippen molar-refractivity contribution in [3.63, 3.8) is 0 Å². The van der Waals surface area contributed by atoms with Crippen LogP contribution in [0.5, 0.6) is 0 Å². The smallest absolute Gasteiger partial charge is 0.320 e. The summed E-state index contributed by atoms with van der Waals surface area (Å²) in [6.45, 7) is 0. The Morgan fingerprint density at radius 1 is 1.11 bits per heavy atom. The van der Waals surface area contributed by atoms with Crippen molar-refractivity contribution in [2.75, 3.05) is 0 Å². The Balaban J connectivity index is 1.90. The van der Waals surface area contributed by atoms with Crippen molar-refractivity contribution in [2.24, 2.45) is 0 Å². The molecule has 1 aliphatic heterocycles. The van der Waals surface area contributed by atoms with E-state index in [1.165, 1.54) is 0 Å². The topological polar surface area (TPSA) is 70.3 Å². The van der Waals surface area contributed by atoms with Gasteiger partial charge in [-0.1, -0.05) is 6.07 Å². The Kier molecular flexibility index (Phi) is 3.06. The Hall–Kier alpha value is -2.11. The molecule has 1 amide bonds. The molecule has 3 unspecified atom stereocenters. The lowest BCUT2D eigenvalue weighted by Crippen LogP contribution is -3.08. The predicted molar refractivity (Wildman–Crippen MR) is 67.9 cm³/mol. The van der Waals surface area contributed by atoms with Gasteiger partial charge in [0.1, 0.15) is 12.0 Å². The fourth-order valence-corrected chi connectivity index (χ4v) is 2.53. The number of quaternary nitrogens is 1. The van der Waals surface area contributed by atoms with Crippen LogP contribution in [0.4, 0.5) is 0 Å². The number of carbonyl (C=O) groups is 1. The van der Waals surface area contributed by atoms with Gasteiger partial charge >= 0.3 is 5.91 Å². The van der Waals surface area contributed by atoms with E-state index >= 15 is 0 Å². The number of carbonyl (C=O) groups excluding carboxylic acids is 1. The molecule has 0 saturated carbocycles. The van der Waals surface area contributed by atoms with E-state index in [2.05, 4.69) is 9.97 Å². The monoisotopic (exact) mass is 255 g/mol. The summed E-state index contributed by atoms with van der Waals surface area (Å²) in [5, 5.41) is 11.8. The molecule has 0 aliphatic carbocycles. The third kappa shape index (κ3) is 2.14. The molecule has 1 N–H and O–H groups in total. The highest BCUT2D eigenvalue weighted by Gasteiger charge is 2.42. The summed E-state index contributed by atoms with van der Waals surface area (Å²) in [6.07, 6.45) is 7.13. The molecule has 0 bridgehead atoms. The first-order valence-corrected chi connectivity index (χ1v) is 6.15. The van der Waals surface area contributed by atoms with E-state index < -0.39 is 0 Å². The third-order valence-electron chi connectivity index (χ3n) is 3.52. The number of amides is 1. The van der Waals surface area contributed by atoms with Crippen LogP contribution in [0.15, 0.2) is 49.1 Å². The number of rotatable bonds is 2. The zero-order chi connectivity index (χ0) is 13.2. The number of hydrogen-bond acceptors (Lipinski definition) is 4. The first-order chi connectivity index (χ1) is 9.27. The van der Waals surface area contributed by atoms with Crippen LogP contribution in [-0.4, -0.2) is 15.9 Å². The van der Waals surface area contributed by atoms with Crippen molar-refractivity contribution in [3.05, 3.63) is 65.4 Å². The lowest BCUT2D eigenvalue weighted by molar-refractivity contribution is -0.791. The number of hydrogen-bond donors (Lipinski definition) is 1. The second-order valence-electron chi connectivity index (χ2n) is 4.64. The zero-order valence-electron chi connectivity index (χ0n) is 10.2. The first kappa shape index (κ1) is 12.0. The van der Waals surface area contributed by atoms with Crippen LogP contribution in [0, 0.1) is 5.21 Å². The van der Waals surface area contributed by atoms with Gasteiger partial charge in [0.25, 0.3) is 0 Å². The van der Waals surface area contributed by atoms with Crippen LogP contribution in [0.3, 0.4) is 0 Å². The van der Waals surface area contributed by atoms with Crippen LogP contribution < -0.4 is 5.06 Å². The summed E-state index contributed by atoms with van der Waals surface area (Å²) in [6, 6.07) is 6.88. The summed E-state index contributed by atoms with van der Waals surface area (Å²) in [5.41, 5.74) is 1.62. The maximum atomic E-state index is 12.1. The highest BCUT2D eigenvalue weighted by molar-refractivity contribution is 5.77. The number of hydroxylamine groups is 2. The minimum atomic E-state index is -0.369. The molecule has 2 aromatic rings. The Bertz CT molecular complexity index is 574. The Morgan fingerprint density at radius 3 is 2.32 bits per heavy atom. The van der Waals surface area contributed by atoms with Crippen molar-refractivity contribution in [2.45, 2.75) is 18.4 Å². The van der Waals surface area contributed by atoms with E-state index in [4.69, 9.17) is 0 Å².